The third-order valence-corrected chi connectivity index (χ3v) is 3.32. The fourth-order valence-electron chi connectivity index (χ4n) is 1.95. The van der Waals surface area contributed by atoms with Crippen molar-refractivity contribution in [3.63, 3.8) is 0 Å². The second-order valence-electron chi connectivity index (χ2n) is 4.65. The molecule has 0 spiro atoms. The number of halogens is 3. The molecule has 106 valence electrons. The summed E-state index contributed by atoms with van der Waals surface area (Å²) >= 11 is 0. The normalized spacial score (nSPS) is 27.5. The molecule has 0 aliphatic carbocycles. The van der Waals surface area contributed by atoms with Crippen molar-refractivity contribution in [1.29, 1.82) is 0 Å². The molecule has 2 heterocycles. The van der Waals surface area contributed by atoms with E-state index in [0.717, 1.165) is 18.3 Å². The van der Waals surface area contributed by atoms with Gasteiger partial charge in [0, 0.05) is 25.8 Å². The zero-order valence-electron chi connectivity index (χ0n) is 10.4. The maximum atomic E-state index is 12.5. The number of alkyl halides is 3. The van der Waals surface area contributed by atoms with Crippen molar-refractivity contribution >= 4 is 5.82 Å². The van der Waals surface area contributed by atoms with E-state index in [2.05, 4.69) is 10.3 Å². The van der Waals surface area contributed by atoms with Crippen molar-refractivity contribution in [1.82, 2.24) is 4.98 Å². The molecule has 7 heteroatoms. The standard InChI is InChI=1S/C12H15F3N2O2/c1-8-11(18,3-5-19-8)7-17-10-6-9(2-4-16-10)12(13,14)15/h2,4,6,8,18H,3,5,7H2,1H3,(H,16,17). The van der Waals surface area contributed by atoms with Crippen LogP contribution < -0.4 is 5.32 Å². The minimum atomic E-state index is -4.40. The Hall–Kier alpha value is -1.34. The molecule has 19 heavy (non-hydrogen) atoms. The van der Waals surface area contributed by atoms with Crippen LogP contribution in [0.5, 0.6) is 0 Å². The number of nitrogens with zero attached hydrogens (tertiary/aromatic N) is 1. The molecule has 2 N–H and O–H groups in total. The van der Waals surface area contributed by atoms with Gasteiger partial charge in [-0.2, -0.15) is 13.2 Å². The number of ether oxygens (including phenoxy) is 1. The third-order valence-electron chi connectivity index (χ3n) is 3.32. The zero-order valence-corrected chi connectivity index (χ0v) is 10.4. The molecular formula is C12H15F3N2O2. The number of anilines is 1. The number of pyridine rings is 1. The fourth-order valence-corrected chi connectivity index (χ4v) is 1.95. The van der Waals surface area contributed by atoms with Gasteiger partial charge in [0.05, 0.1) is 11.7 Å². The van der Waals surface area contributed by atoms with Crippen molar-refractivity contribution in [2.24, 2.45) is 0 Å². The van der Waals surface area contributed by atoms with Crippen LogP contribution >= 0.6 is 0 Å². The van der Waals surface area contributed by atoms with Crippen LogP contribution in [0.15, 0.2) is 18.3 Å². The second kappa shape index (κ2) is 4.97. The van der Waals surface area contributed by atoms with E-state index in [1.165, 1.54) is 0 Å². The van der Waals surface area contributed by atoms with Crippen LogP contribution in [0.4, 0.5) is 19.0 Å². The van der Waals surface area contributed by atoms with Crippen molar-refractivity contribution in [2.75, 3.05) is 18.5 Å². The van der Waals surface area contributed by atoms with Gasteiger partial charge in [0.15, 0.2) is 0 Å². The highest BCUT2D eigenvalue weighted by Gasteiger charge is 2.39. The van der Waals surface area contributed by atoms with Crippen LogP contribution in [0.25, 0.3) is 0 Å². The van der Waals surface area contributed by atoms with E-state index in [1.54, 1.807) is 6.92 Å². The van der Waals surface area contributed by atoms with E-state index in [1.807, 2.05) is 0 Å². The average Bonchev–Trinajstić information content (AvgIpc) is 2.67. The number of aliphatic hydroxyl groups is 1. The summed E-state index contributed by atoms with van der Waals surface area (Å²) in [5, 5.41) is 12.9. The first-order valence-electron chi connectivity index (χ1n) is 5.92. The van der Waals surface area contributed by atoms with Gasteiger partial charge < -0.3 is 15.2 Å². The fraction of sp³-hybridized carbons (Fsp3) is 0.583. The first kappa shape index (κ1) is 14.1. The van der Waals surface area contributed by atoms with Gasteiger partial charge in [-0.3, -0.25) is 0 Å². The van der Waals surface area contributed by atoms with E-state index in [9.17, 15) is 18.3 Å². The van der Waals surface area contributed by atoms with Crippen molar-refractivity contribution in [3.05, 3.63) is 23.9 Å². The number of hydrogen-bond acceptors (Lipinski definition) is 4. The molecule has 1 aliphatic heterocycles. The van der Waals surface area contributed by atoms with Crippen LogP contribution in [-0.4, -0.2) is 34.9 Å². The number of nitrogens with one attached hydrogen (secondary N) is 1. The number of rotatable bonds is 3. The Morgan fingerprint density at radius 2 is 2.32 bits per heavy atom. The van der Waals surface area contributed by atoms with Gasteiger partial charge in [-0.1, -0.05) is 0 Å². The maximum Gasteiger partial charge on any atom is 0.416 e. The molecule has 2 atom stereocenters. The van der Waals surface area contributed by atoms with Crippen LogP contribution in [0.2, 0.25) is 0 Å². The van der Waals surface area contributed by atoms with Gasteiger partial charge in [0.2, 0.25) is 0 Å². The Labute approximate surface area is 108 Å². The minimum Gasteiger partial charge on any atom is -0.385 e. The molecule has 1 aliphatic rings. The molecule has 0 radical (unpaired) electrons. The lowest BCUT2D eigenvalue weighted by Gasteiger charge is -2.26. The minimum absolute atomic E-state index is 0.0855. The van der Waals surface area contributed by atoms with Crippen LogP contribution in [-0.2, 0) is 10.9 Å². The van der Waals surface area contributed by atoms with Gasteiger partial charge in [-0.25, -0.2) is 4.98 Å². The van der Waals surface area contributed by atoms with Crippen molar-refractivity contribution in [3.8, 4) is 0 Å². The molecule has 0 amide bonds. The molecule has 2 rings (SSSR count). The molecular weight excluding hydrogens is 261 g/mol. The smallest absolute Gasteiger partial charge is 0.385 e. The van der Waals surface area contributed by atoms with E-state index >= 15 is 0 Å². The zero-order chi connectivity index (χ0) is 14.1. The second-order valence-corrected chi connectivity index (χ2v) is 4.65. The Morgan fingerprint density at radius 3 is 2.89 bits per heavy atom. The summed E-state index contributed by atoms with van der Waals surface area (Å²) < 4.78 is 42.8. The van der Waals surface area contributed by atoms with Crippen LogP contribution in [0.3, 0.4) is 0 Å². The van der Waals surface area contributed by atoms with Crippen molar-refractivity contribution < 1.29 is 23.0 Å². The molecule has 1 fully saturated rings. The highest BCUT2D eigenvalue weighted by molar-refractivity contribution is 5.39. The summed E-state index contributed by atoms with van der Waals surface area (Å²) in [5.74, 6) is 0.0855. The summed E-state index contributed by atoms with van der Waals surface area (Å²) in [6.07, 6.45) is -3.23. The van der Waals surface area contributed by atoms with Gasteiger partial charge in [0.1, 0.15) is 11.4 Å². The third kappa shape index (κ3) is 3.16. The average molecular weight is 276 g/mol. The van der Waals surface area contributed by atoms with E-state index in [-0.39, 0.29) is 18.5 Å². The number of hydrogen-bond donors (Lipinski definition) is 2. The first-order valence-corrected chi connectivity index (χ1v) is 5.92. The van der Waals surface area contributed by atoms with Crippen LogP contribution in [0, 0.1) is 0 Å². The summed E-state index contributed by atoms with van der Waals surface area (Å²) in [7, 11) is 0. The largest absolute Gasteiger partial charge is 0.416 e. The summed E-state index contributed by atoms with van der Waals surface area (Å²) in [4.78, 5) is 3.81. The van der Waals surface area contributed by atoms with Gasteiger partial charge in [-0.15, -0.1) is 0 Å². The highest BCUT2D eigenvalue weighted by Crippen LogP contribution is 2.30. The summed E-state index contributed by atoms with van der Waals surface area (Å²) in [6, 6.07) is 1.82. The molecule has 0 aromatic carbocycles. The van der Waals surface area contributed by atoms with E-state index < -0.39 is 17.3 Å². The van der Waals surface area contributed by atoms with Gasteiger partial charge in [-0.05, 0) is 19.1 Å². The van der Waals surface area contributed by atoms with Gasteiger partial charge >= 0.3 is 6.18 Å². The molecule has 2 unspecified atom stereocenters. The van der Waals surface area contributed by atoms with Crippen molar-refractivity contribution in [2.45, 2.75) is 31.2 Å². The molecule has 0 bridgehead atoms. The van der Waals surface area contributed by atoms with E-state index in [4.69, 9.17) is 4.74 Å². The van der Waals surface area contributed by atoms with Gasteiger partial charge in [0.25, 0.3) is 0 Å². The molecule has 0 saturated carbocycles. The summed E-state index contributed by atoms with van der Waals surface area (Å²) in [5.41, 5.74) is -1.84. The first-order chi connectivity index (χ1) is 8.81. The van der Waals surface area contributed by atoms with E-state index in [0.29, 0.717) is 13.0 Å². The lowest BCUT2D eigenvalue weighted by atomic mass is 9.97. The SMILES string of the molecule is CC1OCCC1(O)CNc1cc(C(F)(F)F)ccn1. The lowest BCUT2D eigenvalue weighted by Crippen LogP contribution is -2.43. The molecule has 4 nitrogen and oxygen atoms in total. The predicted octanol–water partition coefficient (Wildman–Crippen LogP) is 2.05. The Morgan fingerprint density at radius 1 is 1.58 bits per heavy atom. The Balaban J connectivity index is 2.04. The molecule has 1 aromatic heterocycles. The monoisotopic (exact) mass is 276 g/mol. The topological polar surface area (TPSA) is 54.4 Å². The predicted molar refractivity (Wildman–Crippen MR) is 62.7 cm³/mol. The number of aromatic nitrogens is 1. The maximum absolute atomic E-state index is 12.5. The Kier molecular flexibility index (Phi) is 3.69. The highest BCUT2D eigenvalue weighted by atomic mass is 19.4. The lowest BCUT2D eigenvalue weighted by molar-refractivity contribution is -0.137. The molecule has 1 saturated heterocycles. The summed E-state index contributed by atoms with van der Waals surface area (Å²) in [6.45, 7) is 2.27. The Bertz CT molecular complexity index is 453. The molecule has 1 aromatic rings. The quantitative estimate of drug-likeness (QED) is 0.887. The van der Waals surface area contributed by atoms with Crippen LogP contribution in [0.1, 0.15) is 18.9 Å².